The van der Waals surface area contributed by atoms with Crippen LogP contribution >= 0.6 is 23.4 Å². The Morgan fingerprint density at radius 1 is 1.04 bits per heavy atom. The quantitative estimate of drug-likeness (QED) is 0.531. The zero-order valence-corrected chi connectivity index (χ0v) is 13.6. The minimum Gasteiger partial charge on any atom is -0.241 e. The van der Waals surface area contributed by atoms with Gasteiger partial charge in [-0.3, -0.25) is 0 Å². The van der Waals surface area contributed by atoms with Gasteiger partial charge >= 0.3 is 6.18 Å². The predicted octanol–water partition coefficient (Wildman–Crippen LogP) is 6.37. The smallest absolute Gasteiger partial charge is 0.241 e. The van der Waals surface area contributed by atoms with Gasteiger partial charge in [-0.25, -0.2) is 4.98 Å². The lowest BCUT2D eigenvalue weighted by molar-refractivity contribution is -0.137. The maximum Gasteiger partial charge on any atom is 0.416 e. The molecular weight excluding hydrogens is 343 g/mol. The summed E-state index contributed by atoms with van der Waals surface area (Å²) < 4.78 is 38.3. The van der Waals surface area contributed by atoms with E-state index in [2.05, 4.69) is 4.98 Å². The van der Waals surface area contributed by atoms with Crippen LogP contribution in [-0.2, 0) is 6.18 Å². The molecule has 0 saturated carbocycles. The lowest BCUT2D eigenvalue weighted by atomic mass is 10.1. The van der Waals surface area contributed by atoms with Crippen molar-refractivity contribution in [1.82, 2.24) is 4.98 Å². The summed E-state index contributed by atoms with van der Waals surface area (Å²) in [4.78, 5) is 4.99. The van der Waals surface area contributed by atoms with Crippen molar-refractivity contribution in [3.63, 3.8) is 0 Å². The van der Waals surface area contributed by atoms with Crippen LogP contribution in [0.1, 0.15) is 11.1 Å². The van der Waals surface area contributed by atoms with Crippen LogP contribution in [0.2, 0.25) is 5.02 Å². The maximum absolute atomic E-state index is 12.8. The van der Waals surface area contributed by atoms with Gasteiger partial charge in [-0.2, -0.15) is 13.2 Å². The number of benzene rings is 2. The number of hydrogen-bond acceptors (Lipinski definition) is 2. The van der Waals surface area contributed by atoms with Gasteiger partial charge < -0.3 is 0 Å². The van der Waals surface area contributed by atoms with E-state index in [0.717, 1.165) is 28.6 Å². The minimum atomic E-state index is -4.35. The Balaban J connectivity index is 1.97. The zero-order valence-electron chi connectivity index (χ0n) is 12.0. The first kappa shape index (κ1) is 16.1. The molecule has 0 aliphatic rings. The SMILES string of the molecule is Cc1cc(Sc2cccc(C(F)(F)F)c2)nc2ccc(Cl)cc12. The van der Waals surface area contributed by atoms with Crippen LogP contribution in [0.4, 0.5) is 13.2 Å². The number of alkyl halides is 3. The molecule has 1 nitrogen and oxygen atoms in total. The van der Waals surface area contributed by atoms with Crippen molar-refractivity contribution in [3.05, 3.63) is 64.7 Å². The van der Waals surface area contributed by atoms with Crippen LogP contribution in [0.25, 0.3) is 10.9 Å². The monoisotopic (exact) mass is 353 g/mol. The number of nitrogens with zero attached hydrogens (tertiary/aromatic N) is 1. The fourth-order valence-corrected chi connectivity index (χ4v) is 3.37. The molecule has 0 unspecified atom stereocenters. The molecular formula is C17H11ClF3NS. The Morgan fingerprint density at radius 3 is 2.57 bits per heavy atom. The first-order valence-corrected chi connectivity index (χ1v) is 7.94. The van der Waals surface area contributed by atoms with Gasteiger partial charge in [-0.1, -0.05) is 29.4 Å². The molecule has 0 fully saturated rings. The van der Waals surface area contributed by atoms with E-state index in [1.807, 2.05) is 19.1 Å². The Labute approximate surface area is 140 Å². The third-order valence-electron chi connectivity index (χ3n) is 3.34. The zero-order chi connectivity index (χ0) is 16.6. The first-order chi connectivity index (χ1) is 10.8. The summed E-state index contributed by atoms with van der Waals surface area (Å²) in [6.07, 6.45) is -4.35. The third kappa shape index (κ3) is 3.62. The fourth-order valence-electron chi connectivity index (χ4n) is 2.24. The molecule has 0 spiro atoms. The summed E-state index contributed by atoms with van der Waals surface area (Å²) in [5.41, 5.74) is 1.09. The highest BCUT2D eigenvalue weighted by molar-refractivity contribution is 7.99. The molecule has 0 amide bonds. The minimum absolute atomic E-state index is 0.500. The molecule has 3 aromatic rings. The van der Waals surface area contributed by atoms with Gasteiger partial charge in [0.2, 0.25) is 0 Å². The van der Waals surface area contributed by atoms with E-state index in [1.165, 1.54) is 17.8 Å². The van der Waals surface area contributed by atoms with Crippen LogP contribution in [0, 0.1) is 6.92 Å². The topological polar surface area (TPSA) is 12.9 Å². The second-order valence-corrected chi connectivity index (χ2v) is 6.60. The average molecular weight is 354 g/mol. The fraction of sp³-hybridized carbons (Fsp3) is 0.118. The third-order valence-corrected chi connectivity index (χ3v) is 4.48. The summed E-state index contributed by atoms with van der Waals surface area (Å²) in [6.45, 7) is 1.93. The highest BCUT2D eigenvalue weighted by atomic mass is 35.5. The molecule has 0 aliphatic heterocycles. The van der Waals surface area contributed by atoms with Crippen molar-refractivity contribution in [2.75, 3.05) is 0 Å². The largest absolute Gasteiger partial charge is 0.416 e. The molecule has 118 valence electrons. The molecule has 0 aliphatic carbocycles. The number of aryl methyl sites for hydroxylation is 1. The van der Waals surface area contributed by atoms with Crippen molar-refractivity contribution < 1.29 is 13.2 Å². The molecule has 0 atom stereocenters. The van der Waals surface area contributed by atoms with Gasteiger partial charge in [0.15, 0.2) is 0 Å². The molecule has 1 heterocycles. The molecule has 0 radical (unpaired) electrons. The van der Waals surface area contributed by atoms with E-state index in [-0.39, 0.29) is 0 Å². The van der Waals surface area contributed by atoms with Gasteiger partial charge in [0.1, 0.15) is 5.03 Å². The lowest BCUT2D eigenvalue weighted by Crippen LogP contribution is -2.04. The molecule has 3 rings (SSSR count). The molecule has 0 saturated heterocycles. The van der Waals surface area contributed by atoms with E-state index < -0.39 is 11.7 Å². The van der Waals surface area contributed by atoms with Gasteiger partial charge in [0, 0.05) is 15.3 Å². The second kappa shape index (κ2) is 6.06. The Bertz CT molecular complexity index is 877. The van der Waals surface area contributed by atoms with E-state index in [9.17, 15) is 13.2 Å². The van der Waals surface area contributed by atoms with Crippen LogP contribution in [0.3, 0.4) is 0 Å². The lowest BCUT2D eigenvalue weighted by Gasteiger charge is -2.09. The summed E-state index contributed by atoms with van der Waals surface area (Å²) in [5, 5.41) is 2.21. The van der Waals surface area contributed by atoms with E-state index in [4.69, 9.17) is 11.6 Å². The van der Waals surface area contributed by atoms with E-state index >= 15 is 0 Å². The summed E-state index contributed by atoms with van der Waals surface area (Å²) in [7, 11) is 0. The number of rotatable bonds is 2. The standard InChI is InChI=1S/C17H11ClF3NS/c1-10-7-16(22-15-6-5-12(18)9-14(10)15)23-13-4-2-3-11(8-13)17(19,20)21/h2-9H,1H3. The van der Waals surface area contributed by atoms with Crippen molar-refractivity contribution in [1.29, 1.82) is 0 Å². The number of halogens is 4. The number of pyridine rings is 1. The van der Waals surface area contributed by atoms with E-state index in [0.29, 0.717) is 14.9 Å². The summed E-state index contributed by atoms with van der Waals surface area (Å²) in [6, 6.07) is 12.5. The van der Waals surface area contributed by atoms with Crippen LogP contribution in [-0.4, -0.2) is 4.98 Å². The highest BCUT2D eigenvalue weighted by Crippen LogP contribution is 2.35. The first-order valence-electron chi connectivity index (χ1n) is 6.75. The Hall–Kier alpha value is -1.72. The molecule has 0 N–H and O–H groups in total. The van der Waals surface area contributed by atoms with Crippen LogP contribution < -0.4 is 0 Å². The summed E-state index contributed by atoms with van der Waals surface area (Å²) in [5.74, 6) is 0. The van der Waals surface area contributed by atoms with E-state index in [1.54, 1.807) is 18.2 Å². The predicted molar refractivity (Wildman–Crippen MR) is 87.1 cm³/mol. The summed E-state index contributed by atoms with van der Waals surface area (Å²) >= 11 is 7.19. The van der Waals surface area contributed by atoms with Crippen molar-refractivity contribution >= 4 is 34.3 Å². The second-order valence-electron chi connectivity index (χ2n) is 5.07. The Morgan fingerprint density at radius 2 is 1.83 bits per heavy atom. The molecule has 2 aromatic carbocycles. The number of aromatic nitrogens is 1. The van der Waals surface area contributed by atoms with Gasteiger partial charge in [-0.05, 0) is 55.0 Å². The molecule has 23 heavy (non-hydrogen) atoms. The average Bonchev–Trinajstić information content (AvgIpc) is 2.48. The Kier molecular flexibility index (Phi) is 4.25. The van der Waals surface area contributed by atoms with Crippen LogP contribution in [0.15, 0.2) is 58.5 Å². The van der Waals surface area contributed by atoms with Crippen LogP contribution in [0.5, 0.6) is 0 Å². The normalized spacial score (nSPS) is 11.9. The number of hydrogen-bond donors (Lipinski definition) is 0. The van der Waals surface area contributed by atoms with Crippen molar-refractivity contribution in [3.8, 4) is 0 Å². The number of fused-ring (bicyclic) bond motifs is 1. The maximum atomic E-state index is 12.8. The highest BCUT2D eigenvalue weighted by Gasteiger charge is 2.30. The molecule has 1 aromatic heterocycles. The van der Waals surface area contributed by atoms with Crippen molar-refractivity contribution in [2.45, 2.75) is 23.0 Å². The molecule has 0 bridgehead atoms. The van der Waals surface area contributed by atoms with Gasteiger partial charge in [0.05, 0.1) is 11.1 Å². The van der Waals surface area contributed by atoms with Gasteiger partial charge in [0.25, 0.3) is 0 Å². The van der Waals surface area contributed by atoms with Gasteiger partial charge in [-0.15, -0.1) is 0 Å². The van der Waals surface area contributed by atoms with Crippen molar-refractivity contribution in [2.24, 2.45) is 0 Å². The molecule has 6 heteroatoms.